The molecule has 0 atom stereocenters. The van der Waals surface area contributed by atoms with E-state index < -0.39 is 18.0 Å². The van der Waals surface area contributed by atoms with Crippen LogP contribution in [0.25, 0.3) is 46.6 Å². The summed E-state index contributed by atoms with van der Waals surface area (Å²) in [6.45, 7) is 15.5. The molecule has 0 aromatic heterocycles. The fourth-order valence-electron chi connectivity index (χ4n) is 9.13. The summed E-state index contributed by atoms with van der Waals surface area (Å²) in [5.41, 5.74) is 10.4. The molecular weight excluding hydrogens is 944 g/mol. The first kappa shape index (κ1) is 54.9. The Morgan fingerprint density at radius 2 is 0.908 bits per heavy atom. The second kappa shape index (κ2) is 25.1. The molecule has 0 heterocycles. The molecule has 0 amide bonds. The predicted molar refractivity (Wildman–Crippen MR) is 261 cm³/mol. The van der Waals surface area contributed by atoms with Crippen LogP contribution in [0, 0.1) is 11.8 Å². The van der Waals surface area contributed by atoms with Crippen LogP contribution >= 0.6 is 0 Å². The summed E-state index contributed by atoms with van der Waals surface area (Å²) in [6, 6.07) is 31.8. The number of hydrogen-bond donors (Lipinski definition) is 0. The molecule has 8 rings (SSSR count). The maximum absolute atomic E-state index is 11.4. The number of halogens is 5. The minimum atomic E-state index is -3.93. The molecule has 65 heavy (non-hydrogen) atoms. The molecule has 4 aromatic carbocycles. The summed E-state index contributed by atoms with van der Waals surface area (Å²) in [7, 11) is 0. The third-order valence-electron chi connectivity index (χ3n) is 12.9. The summed E-state index contributed by atoms with van der Waals surface area (Å²) < 4.78 is 34.3. The summed E-state index contributed by atoms with van der Waals surface area (Å²) in [4.78, 5) is 0. The van der Waals surface area contributed by atoms with Crippen molar-refractivity contribution in [1.82, 2.24) is 0 Å². The molecule has 0 radical (unpaired) electrons. The Bertz CT molecular complexity index is 2320. The van der Waals surface area contributed by atoms with Crippen LogP contribution in [0.4, 0.5) is 13.2 Å². The van der Waals surface area contributed by atoms with Crippen molar-refractivity contribution in [2.75, 3.05) is 0 Å². The van der Waals surface area contributed by atoms with Gasteiger partial charge in [-0.15, -0.1) is 80.6 Å². The topological polar surface area (TPSA) is 0 Å². The first-order chi connectivity index (χ1) is 29.9. The molecule has 7 heteroatoms. The van der Waals surface area contributed by atoms with E-state index in [0.29, 0.717) is 6.04 Å². The van der Waals surface area contributed by atoms with Crippen LogP contribution in [0.3, 0.4) is 0 Å². The van der Waals surface area contributed by atoms with Crippen LogP contribution in [-0.2, 0) is 34.2 Å². The van der Waals surface area contributed by atoms with Gasteiger partial charge in [0, 0.05) is 0 Å². The summed E-state index contributed by atoms with van der Waals surface area (Å²) in [6.07, 6.45) is 29.0. The Labute approximate surface area is 417 Å². The standard InChI is InChI=1S/2C27H31.C4H7F3Si.2ClH.Zr/c2*1-27(2,3)24-15-13-22(14-16-24)25-12-8-11-23-18-21(19-26(23)25)17-20-9-6-4-5-7-10-20;1-8-3-2-4(5,6)7;;;/h2*8,11-17,19-20H,4-7,9-10H2,1-3H3;2-3H2,1H3;2*1H;/q2*-1;;;;+2/p-2. The van der Waals surface area contributed by atoms with E-state index >= 15 is 0 Å². The van der Waals surface area contributed by atoms with Crippen LogP contribution < -0.4 is 45.7 Å². The van der Waals surface area contributed by atoms with Gasteiger partial charge in [0.25, 0.3) is 0 Å². The average molecular weight is 1010 g/mol. The Morgan fingerprint density at radius 3 is 1.20 bits per heavy atom. The molecule has 2 saturated carbocycles. The Morgan fingerprint density at radius 1 is 0.554 bits per heavy atom. The molecule has 0 N–H and O–H groups in total. The van der Waals surface area contributed by atoms with Gasteiger partial charge in [0.2, 0.25) is 0 Å². The summed E-state index contributed by atoms with van der Waals surface area (Å²) in [5, 5.41) is 5.15. The molecule has 0 aliphatic heterocycles. The second-order valence-electron chi connectivity index (χ2n) is 20.4. The maximum Gasteiger partial charge on any atom is -1.00 e. The van der Waals surface area contributed by atoms with Crippen molar-refractivity contribution >= 4 is 29.7 Å². The van der Waals surface area contributed by atoms with Gasteiger partial charge < -0.3 is 24.8 Å². The van der Waals surface area contributed by atoms with Gasteiger partial charge in [-0.1, -0.05) is 203 Å². The fraction of sp³-hybridized carbons (Fsp3) is 0.448. The van der Waals surface area contributed by atoms with Crippen molar-refractivity contribution < 1.29 is 61.3 Å². The van der Waals surface area contributed by atoms with E-state index in [2.05, 4.69) is 163 Å². The van der Waals surface area contributed by atoms with Gasteiger partial charge in [0.15, 0.2) is 0 Å². The van der Waals surface area contributed by atoms with Gasteiger partial charge in [-0.2, -0.15) is 0 Å². The molecule has 0 unspecified atom stereocenters. The van der Waals surface area contributed by atoms with Crippen LogP contribution in [0.1, 0.15) is 136 Å². The zero-order valence-corrected chi connectivity index (χ0v) is 44.8. The van der Waals surface area contributed by atoms with Gasteiger partial charge in [-0.05, 0) is 44.9 Å². The number of alkyl halides is 3. The summed E-state index contributed by atoms with van der Waals surface area (Å²) >= 11 is 1.29. The third kappa shape index (κ3) is 16.8. The zero-order valence-electron chi connectivity index (χ0n) is 39.8. The number of rotatable bonds is 6. The van der Waals surface area contributed by atoms with Crippen LogP contribution in [0.5, 0.6) is 0 Å². The smallest absolute Gasteiger partial charge is 1.00 e. The van der Waals surface area contributed by atoms with E-state index in [4.69, 9.17) is 0 Å². The molecule has 0 nitrogen and oxygen atoms in total. The predicted octanol–water partition coefficient (Wildman–Crippen LogP) is 8.11. The van der Waals surface area contributed by atoms with Gasteiger partial charge in [-0.3, -0.25) is 0 Å². The molecule has 2 fully saturated rings. The first-order valence-electron chi connectivity index (χ1n) is 23.7. The van der Waals surface area contributed by atoms with Crippen molar-refractivity contribution in [3.8, 4) is 22.3 Å². The van der Waals surface area contributed by atoms with E-state index in [1.807, 2.05) is 6.55 Å². The fourth-order valence-corrected chi connectivity index (χ4v) is 10.7. The van der Waals surface area contributed by atoms with Gasteiger partial charge in [0.1, 0.15) is 0 Å². The van der Waals surface area contributed by atoms with Crippen molar-refractivity contribution in [3.63, 3.8) is 0 Å². The van der Waals surface area contributed by atoms with E-state index in [-0.39, 0.29) is 35.6 Å². The normalized spacial score (nSPS) is 17.7. The van der Waals surface area contributed by atoms with E-state index in [1.54, 1.807) is 0 Å². The van der Waals surface area contributed by atoms with Crippen molar-refractivity contribution in [1.29, 1.82) is 0 Å². The van der Waals surface area contributed by atoms with Crippen LogP contribution in [0.2, 0.25) is 12.6 Å². The number of fused-ring (bicyclic) bond motifs is 2. The SMILES string of the molecule is CC(C)(C)c1ccc(-c2cccc3c2=CC(=CC2CCCCCC2)[C-]=3)cc1.CC(C)(C)c1ccc(-c2cccc3c2=CC(=CC2CCCCCC2)[C-]=3)cc1.C[Si](=[Zr+2])CCC(F)(F)F.[Cl-].[Cl-]. The Balaban J connectivity index is 0.000000234. The number of hydrogen-bond acceptors (Lipinski definition) is 0. The van der Waals surface area contributed by atoms with E-state index in [1.165, 1.54) is 166 Å². The molecule has 0 saturated heterocycles. The van der Waals surface area contributed by atoms with Gasteiger partial charge in [-0.25, -0.2) is 0 Å². The molecule has 4 aliphatic carbocycles. The first-order valence-corrected chi connectivity index (χ1v) is 29.6. The number of allylic oxidation sites excluding steroid dienone is 4. The maximum atomic E-state index is 11.4. The average Bonchev–Trinajstić information content (AvgIpc) is 3.62. The Hall–Kier alpha value is -2.69. The molecular formula is C58H69Cl2F3SiZr-2. The van der Waals surface area contributed by atoms with Crippen LogP contribution in [-0.4, -0.2) is 11.6 Å². The molecule has 0 bridgehead atoms. The van der Waals surface area contributed by atoms with Gasteiger partial charge in [0.05, 0.1) is 0 Å². The van der Waals surface area contributed by atoms with Crippen molar-refractivity contribution in [3.05, 3.63) is 140 Å². The molecule has 4 aromatic rings. The third-order valence-corrected chi connectivity index (χ3v) is 15.8. The number of benzene rings is 4. The van der Waals surface area contributed by atoms with E-state index in [0.717, 1.165) is 11.8 Å². The largest absolute Gasteiger partial charge is 1.00 e. The minimum Gasteiger partial charge on any atom is -1.00 e. The molecule has 346 valence electrons. The quantitative estimate of drug-likeness (QED) is 0.104. The monoisotopic (exact) mass is 1010 g/mol. The van der Waals surface area contributed by atoms with E-state index in [9.17, 15) is 13.2 Å². The molecule has 0 spiro atoms. The van der Waals surface area contributed by atoms with Crippen molar-refractivity contribution in [2.45, 2.75) is 155 Å². The van der Waals surface area contributed by atoms with Gasteiger partial charge >= 0.3 is 67.1 Å². The minimum absolute atomic E-state index is 0. The zero-order chi connectivity index (χ0) is 45.2. The molecule has 4 aliphatic rings. The van der Waals surface area contributed by atoms with Crippen molar-refractivity contribution in [2.24, 2.45) is 11.8 Å². The Kier molecular flexibility index (Phi) is 21.2. The van der Waals surface area contributed by atoms with Crippen LogP contribution in [0.15, 0.2) is 108 Å². The summed E-state index contributed by atoms with van der Waals surface area (Å²) in [5.74, 6) is 1.46. The second-order valence-corrected chi connectivity index (χ2v) is 28.7.